The van der Waals surface area contributed by atoms with Gasteiger partial charge in [-0.3, -0.25) is 0 Å². The summed E-state index contributed by atoms with van der Waals surface area (Å²) in [6.07, 6.45) is 5.85. The van der Waals surface area contributed by atoms with Crippen molar-refractivity contribution in [2.45, 2.75) is 39.2 Å². The van der Waals surface area contributed by atoms with E-state index in [-0.39, 0.29) is 0 Å². The molecule has 2 heteroatoms. The van der Waals surface area contributed by atoms with E-state index >= 15 is 0 Å². The van der Waals surface area contributed by atoms with Gasteiger partial charge in [-0.15, -0.1) is 0 Å². The average Bonchev–Trinajstić information content (AvgIpc) is 2.26. The van der Waals surface area contributed by atoms with E-state index < -0.39 is 0 Å². The van der Waals surface area contributed by atoms with Gasteiger partial charge in [0.1, 0.15) is 5.82 Å². The second-order valence-corrected chi connectivity index (χ2v) is 4.73. The molecule has 0 radical (unpaired) electrons. The van der Waals surface area contributed by atoms with Gasteiger partial charge in [0.25, 0.3) is 0 Å². The first-order valence-corrected chi connectivity index (χ1v) is 5.95. The maximum Gasteiger partial charge on any atom is 0.126 e. The summed E-state index contributed by atoms with van der Waals surface area (Å²) in [5.41, 5.74) is 0. The Balaban J connectivity index is 1.99. The van der Waals surface area contributed by atoms with E-state index in [4.69, 9.17) is 0 Å². The Hall–Kier alpha value is -1.05. The number of anilines is 1. The summed E-state index contributed by atoms with van der Waals surface area (Å²) in [5.74, 6) is 2.60. The molecule has 1 heterocycles. The van der Waals surface area contributed by atoms with E-state index in [2.05, 4.69) is 24.1 Å². The number of hydrogen-bond donors (Lipinski definition) is 1. The predicted molar refractivity (Wildman–Crippen MR) is 63.8 cm³/mol. The molecule has 1 N–H and O–H groups in total. The van der Waals surface area contributed by atoms with Gasteiger partial charge in [0.05, 0.1) is 0 Å². The van der Waals surface area contributed by atoms with E-state index in [0.29, 0.717) is 6.04 Å². The Morgan fingerprint density at radius 2 is 2.13 bits per heavy atom. The molecule has 82 valence electrons. The van der Waals surface area contributed by atoms with Gasteiger partial charge in [-0.1, -0.05) is 32.8 Å². The third-order valence-electron chi connectivity index (χ3n) is 3.71. The molecule has 1 aromatic heterocycles. The molecule has 1 aromatic rings. The van der Waals surface area contributed by atoms with E-state index in [1.807, 2.05) is 24.4 Å². The van der Waals surface area contributed by atoms with Crippen LogP contribution in [0, 0.1) is 11.8 Å². The Morgan fingerprint density at radius 3 is 2.87 bits per heavy atom. The number of nitrogens with zero attached hydrogens (tertiary/aromatic N) is 1. The minimum atomic E-state index is 0.601. The van der Waals surface area contributed by atoms with Crippen LogP contribution >= 0.6 is 0 Å². The van der Waals surface area contributed by atoms with Crippen LogP contribution in [-0.4, -0.2) is 11.0 Å². The predicted octanol–water partition coefficient (Wildman–Crippen LogP) is 3.32. The summed E-state index contributed by atoms with van der Waals surface area (Å²) in [6, 6.07) is 6.64. The van der Waals surface area contributed by atoms with Crippen molar-refractivity contribution in [1.29, 1.82) is 0 Å². The highest BCUT2D eigenvalue weighted by atomic mass is 15.0. The molecule has 1 fully saturated rings. The minimum Gasteiger partial charge on any atom is -0.367 e. The molecular formula is C13H20N2. The van der Waals surface area contributed by atoms with Gasteiger partial charge in [0.2, 0.25) is 0 Å². The van der Waals surface area contributed by atoms with Gasteiger partial charge in [0, 0.05) is 12.2 Å². The normalized spacial score (nSPS) is 31.2. The molecule has 3 atom stereocenters. The topological polar surface area (TPSA) is 24.9 Å². The lowest BCUT2D eigenvalue weighted by Gasteiger charge is -2.34. The van der Waals surface area contributed by atoms with Gasteiger partial charge >= 0.3 is 0 Å². The van der Waals surface area contributed by atoms with Crippen LogP contribution in [0.1, 0.15) is 33.1 Å². The number of aromatic nitrogens is 1. The van der Waals surface area contributed by atoms with Crippen LogP contribution in [0.25, 0.3) is 0 Å². The van der Waals surface area contributed by atoms with Crippen molar-refractivity contribution in [3.8, 4) is 0 Å². The van der Waals surface area contributed by atoms with E-state index in [9.17, 15) is 0 Å². The highest BCUT2D eigenvalue weighted by Gasteiger charge is 2.26. The molecule has 15 heavy (non-hydrogen) atoms. The van der Waals surface area contributed by atoms with Crippen LogP contribution in [0.15, 0.2) is 24.4 Å². The van der Waals surface area contributed by atoms with Crippen molar-refractivity contribution in [3.05, 3.63) is 24.4 Å². The quantitative estimate of drug-likeness (QED) is 0.799. The molecule has 0 aliphatic heterocycles. The first kappa shape index (κ1) is 10.5. The van der Waals surface area contributed by atoms with E-state index in [0.717, 1.165) is 17.7 Å². The Labute approximate surface area is 92.1 Å². The number of hydrogen-bond acceptors (Lipinski definition) is 2. The monoisotopic (exact) mass is 204 g/mol. The van der Waals surface area contributed by atoms with Crippen LogP contribution in [0.3, 0.4) is 0 Å². The van der Waals surface area contributed by atoms with Crippen molar-refractivity contribution in [2.24, 2.45) is 11.8 Å². The highest BCUT2D eigenvalue weighted by Crippen LogP contribution is 2.31. The molecule has 0 bridgehead atoms. The second kappa shape index (κ2) is 4.65. The van der Waals surface area contributed by atoms with E-state index in [1.54, 1.807) is 0 Å². The summed E-state index contributed by atoms with van der Waals surface area (Å²) < 4.78 is 0. The summed E-state index contributed by atoms with van der Waals surface area (Å²) in [6.45, 7) is 4.71. The van der Waals surface area contributed by atoms with Gasteiger partial charge < -0.3 is 5.32 Å². The molecule has 3 unspecified atom stereocenters. The number of nitrogens with one attached hydrogen (secondary N) is 1. The molecule has 1 saturated carbocycles. The van der Waals surface area contributed by atoms with Crippen LogP contribution < -0.4 is 5.32 Å². The zero-order valence-corrected chi connectivity index (χ0v) is 9.61. The smallest absolute Gasteiger partial charge is 0.126 e. The zero-order valence-electron chi connectivity index (χ0n) is 9.61. The molecular weight excluding hydrogens is 184 g/mol. The zero-order chi connectivity index (χ0) is 10.7. The standard InChI is InChI=1S/C13H20N2/c1-10-6-5-7-12(11(10)2)15-13-8-3-4-9-14-13/h3-4,8-12H,5-7H2,1-2H3,(H,14,15). The maximum atomic E-state index is 4.32. The highest BCUT2D eigenvalue weighted by molar-refractivity contribution is 5.34. The van der Waals surface area contributed by atoms with Crippen molar-refractivity contribution in [3.63, 3.8) is 0 Å². The first-order valence-electron chi connectivity index (χ1n) is 5.95. The summed E-state index contributed by atoms with van der Waals surface area (Å²) >= 11 is 0. The van der Waals surface area contributed by atoms with E-state index in [1.165, 1.54) is 19.3 Å². The van der Waals surface area contributed by atoms with Gasteiger partial charge in [-0.2, -0.15) is 0 Å². The molecule has 2 nitrogen and oxygen atoms in total. The average molecular weight is 204 g/mol. The SMILES string of the molecule is CC1CCCC(Nc2ccccn2)C1C. The van der Waals surface area contributed by atoms with Crippen molar-refractivity contribution < 1.29 is 0 Å². The first-order chi connectivity index (χ1) is 7.27. The molecule has 0 amide bonds. The molecule has 2 rings (SSSR count). The lowest BCUT2D eigenvalue weighted by Crippen LogP contribution is -2.35. The van der Waals surface area contributed by atoms with Gasteiger partial charge in [-0.25, -0.2) is 4.98 Å². The minimum absolute atomic E-state index is 0.601. The fraction of sp³-hybridized carbons (Fsp3) is 0.615. The fourth-order valence-corrected chi connectivity index (χ4v) is 2.42. The maximum absolute atomic E-state index is 4.32. The summed E-state index contributed by atoms with van der Waals surface area (Å²) in [4.78, 5) is 4.32. The Morgan fingerprint density at radius 1 is 1.27 bits per heavy atom. The molecule has 0 aromatic carbocycles. The lowest BCUT2D eigenvalue weighted by molar-refractivity contribution is 0.253. The Kier molecular flexibility index (Phi) is 3.24. The second-order valence-electron chi connectivity index (χ2n) is 4.73. The molecule has 1 aliphatic carbocycles. The van der Waals surface area contributed by atoms with Crippen LogP contribution in [-0.2, 0) is 0 Å². The van der Waals surface area contributed by atoms with Gasteiger partial charge in [-0.05, 0) is 30.4 Å². The molecule has 0 saturated heterocycles. The van der Waals surface area contributed by atoms with Crippen molar-refractivity contribution in [2.75, 3.05) is 5.32 Å². The third-order valence-corrected chi connectivity index (χ3v) is 3.71. The molecule has 1 aliphatic rings. The fourth-order valence-electron chi connectivity index (χ4n) is 2.42. The van der Waals surface area contributed by atoms with Gasteiger partial charge in [0.15, 0.2) is 0 Å². The van der Waals surface area contributed by atoms with Crippen LogP contribution in [0.2, 0.25) is 0 Å². The van der Waals surface area contributed by atoms with Crippen LogP contribution in [0.4, 0.5) is 5.82 Å². The Bertz CT molecular complexity index is 297. The number of rotatable bonds is 2. The molecule has 0 spiro atoms. The summed E-state index contributed by atoms with van der Waals surface area (Å²) in [7, 11) is 0. The third kappa shape index (κ3) is 2.49. The number of pyridine rings is 1. The van der Waals surface area contributed by atoms with Crippen molar-refractivity contribution in [1.82, 2.24) is 4.98 Å². The summed E-state index contributed by atoms with van der Waals surface area (Å²) in [5, 5.41) is 3.55. The van der Waals surface area contributed by atoms with Crippen molar-refractivity contribution >= 4 is 5.82 Å². The largest absolute Gasteiger partial charge is 0.367 e. The van der Waals surface area contributed by atoms with Crippen LogP contribution in [0.5, 0.6) is 0 Å². The lowest BCUT2D eigenvalue weighted by atomic mass is 9.78.